The van der Waals surface area contributed by atoms with Crippen LogP contribution in [0, 0.1) is 5.82 Å². The molecule has 1 saturated heterocycles. The summed E-state index contributed by atoms with van der Waals surface area (Å²) in [5.41, 5.74) is -1.61. The summed E-state index contributed by atoms with van der Waals surface area (Å²) in [5, 5.41) is 1.62. The predicted octanol–water partition coefficient (Wildman–Crippen LogP) is 6.80. The summed E-state index contributed by atoms with van der Waals surface area (Å²) in [4.78, 5) is 38.6. The van der Waals surface area contributed by atoms with E-state index in [1.54, 1.807) is 13.0 Å². The second-order valence-electron chi connectivity index (χ2n) is 8.30. The molecule has 1 aliphatic heterocycles. The Labute approximate surface area is 234 Å². The predicted molar refractivity (Wildman–Crippen MR) is 139 cm³/mol. The Hall–Kier alpha value is -4.09. The lowest BCUT2D eigenvalue weighted by Gasteiger charge is -2.27. The summed E-state index contributed by atoms with van der Waals surface area (Å²) in [6, 6.07) is 9.30. The number of halogens is 6. The van der Waals surface area contributed by atoms with Crippen molar-refractivity contribution >= 4 is 52.8 Å². The highest BCUT2D eigenvalue weighted by molar-refractivity contribution is 6.42. The zero-order valence-electron chi connectivity index (χ0n) is 20.4. The SMILES string of the molecule is CCOc1cc(/C=C2/C(=O)NC(=O)N(c3cc(C(F)(F)F)ccc3Cl)C2=O)cc(Cl)c1OCc1cccc(F)c1. The van der Waals surface area contributed by atoms with E-state index in [1.165, 1.54) is 30.3 Å². The van der Waals surface area contributed by atoms with Gasteiger partial charge < -0.3 is 9.47 Å². The highest BCUT2D eigenvalue weighted by atomic mass is 35.5. The van der Waals surface area contributed by atoms with E-state index < -0.39 is 46.7 Å². The van der Waals surface area contributed by atoms with Crippen LogP contribution in [-0.4, -0.2) is 24.5 Å². The van der Waals surface area contributed by atoms with Crippen LogP contribution >= 0.6 is 23.2 Å². The molecule has 1 heterocycles. The average Bonchev–Trinajstić information content (AvgIpc) is 2.86. The number of carbonyl (C=O) groups excluding carboxylic acids is 3. The van der Waals surface area contributed by atoms with Crippen LogP contribution in [0.15, 0.2) is 60.2 Å². The molecule has 0 aliphatic carbocycles. The normalized spacial score (nSPS) is 14.9. The molecule has 3 aromatic rings. The Morgan fingerprint density at radius 3 is 2.40 bits per heavy atom. The van der Waals surface area contributed by atoms with Gasteiger partial charge in [-0.3, -0.25) is 14.9 Å². The van der Waals surface area contributed by atoms with E-state index in [-0.39, 0.29) is 40.3 Å². The van der Waals surface area contributed by atoms with Gasteiger partial charge in [0.05, 0.1) is 27.9 Å². The minimum Gasteiger partial charge on any atom is -0.490 e. The van der Waals surface area contributed by atoms with Gasteiger partial charge in [0, 0.05) is 0 Å². The molecule has 0 atom stereocenters. The van der Waals surface area contributed by atoms with E-state index >= 15 is 0 Å². The molecule has 7 nitrogen and oxygen atoms in total. The Morgan fingerprint density at radius 1 is 0.975 bits per heavy atom. The molecule has 0 aromatic heterocycles. The first-order valence-electron chi connectivity index (χ1n) is 11.5. The molecule has 3 aromatic carbocycles. The number of benzene rings is 3. The number of urea groups is 1. The summed E-state index contributed by atoms with van der Waals surface area (Å²) in [6.45, 7) is 1.83. The third-order valence-electron chi connectivity index (χ3n) is 5.53. The fourth-order valence-corrected chi connectivity index (χ4v) is 4.24. The number of amides is 4. The fourth-order valence-electron chi connectivity index (χ4n) is 3.76. The summed E-state index contributed by atoms with van der Waals surface area (Å²) < 4.78 is 64.6. The zero-order valence-corrected chi connectivity index (χ0v) is 22.0. The van der Waals surface area contributed by atoms with Crippen LogP contribution in [-0.2, 0) is 22.4 Å². The molecule has 1 aliphatic rings. The Bertz CT molecular complexity index is 1540. The second-order valence-corrected chi connectivity index (χ2v) is 9.12. The topological polar surface area (TPSA) is 84.9 Å². The molecular formula is C27H18Cl2F4N2O5. The maximum atomic E-state index is 13.5. The average molecular weight is 597 g/mol. The number of carbonyl (C=O) groups is 3. The fraction of sp³-hybridized carbons (Fsp3) is 0.148. The molecule has 0 unspecified atom stereocenters. The number of alkyl halides is 3. The molecule has 13 heteroatoms. The van der Waals surface area contributed by atoms with Crippen molar-refractivity contribution in [3.63, 3.8) is 0 Å². The molecule has 0 radical (unpaired) electrons. The van der Waals surface area contributed by atoms with Crippen LogP contribution in [0.5, 0.6) is 11.5 Å². The first-order chi connectivity index (χ1) is 18.9. The number of nitrogens with zero attached hydrogens (tertiary/aromatic N) is 1. The number of ether oxygens (including phenoxy) is 2. The van der Waals surface area contributed by atoms with Crippen molar-refractivity contribution in [2.75, 3.05) is 11.5 Å². The summed E-state index contributed by atoms with van der Waals surface area (Å²) >= 11 is 12.4. The number of hydrogen-bond acceptors (Lipinski definition) is 5. The lowest BCUT2D eigenvalue weighted by molar-refractivity contribution is -0.137. The molecule has 0 bridgehead atoms. The zero-order chi connectivity index (χ0) is 29.2. The first kappa shape index (κ1) is 28.9. The number of imide groups is 2. The third-order valence-corrected chi connectivity index (χ3v) is 6.13. The van der Waals surface area contributed by atoms with Crippen LogP contribution in [0.1, 0.15) is 23.6 Å². The van der Waals surface area contributed by atoms with Gasteiger partial charge in [-0.1, -0.05) is 35.3 Å². The van der Waals surface area contributed by atoms with Crippen molar-refractivity contribution in [2.45, 2.75) is 19.7 Å². The number of anilines is 1. The number of rotatable bonds is 7. The van der Waals surface area contributed by atoms with Gasteiger partial charge in [0.1, 0.15) is 18.0 Å². The van der Waals surface area contributed by atoms with Gasteiger partial charge in [0.2, 0.25) is 0 Å². The van der Waals surface area contributed by atoms with Gasteiger partial charge in [-0.15, -0.1) is 0 Å². The molecular weight excluding hydrogens is 579 g/mol. The van der Waals surface area contributed by atoms with Crippen molar-refractivity contribution in [2.24, 2.45) is 0 Å². The van der Waals surface area contributed by atoms with E-state index in [0.29, 0.717) is 22.6 Å². The summed E-state index contributed by atoms with van der Waals surface area (Å²) in [6.07, 6.45) is -3.70. The highest BCUT2D eigenvalue weighted by Crippen LogP contribution is 2.39. The Kier molecular flexibility index (Phi) is 8.36. The molecule has 4 amide bonds. The van der Waals surface area contributed by atoms with Crippen LogP contribution in [0.2, 0.25) is 10.0 Å². The van der Waals surface area contributed by atoms with Gasteiger partial charge in [-0.25, -0.2) is 14.1 Å². The maximum Gasteiger partial charge on any atom is 0.416 e. The third kappa shape index (κ3) is 6.21. The summed E-state index contributed by atoms with van der Waals surface area (Å²) in [7, 11) is 0. The quantitative estimate of drug-likeness (QED) is 0.184. The molecule has 0 spiro atoms. The van der Waals surface area contributed by atoms with Gasteiger partial charge in [-0.2, -0.15) is 13.2 Å². The van der Waals surface area contributed by atoms with E-state index in [1.807, 2.05) is 5.32 Å². The lowest BCUT2D eigenvalue weighted by atomic mass is 10.1. The monoisotopic (exact) mass is 596 g/mol. The van der Waals surface area contributed by atoms with Gasteiger partial charge in [0.25, 0.3) is 11.8 Å². The molecule has 1 fully saturated rings. The van der Waals surface area contributed by atoms with Crippen molar-refractivity contribution in [3.05, 3.63) is 92.7 Å². The highest BCUT2D eigenvalue weighted by Gasteiger charge is 2.39. The van der Waals surface area contributed by atoms with E-state index in [9.17, 15) is 31.9 Å². The van der Waals surface area contributed by atoms with Gasteiger partial charge in [-0.05, 0) is 66.6 Å². The Morgan fingerprint density at radius 2 is 1.73 bits per heavy atom. The smallest absolute Gasteiger partial charge is 0.416 e. The molecule has 4 rings (SSSR count). The maximum absolute atomic E-state index is 13.5. The number of nitrogens with one attached hydrogen (secondary N) is 1. The number of hydrogen-bond donors (Lipinski definition) is 1. The van der Waals surface area contributed by atoms with Gasteiger partial charge in [0.15, 0.2) is 11.5 Å². The van der Waals surface area contributed by atoms with E-state index in [0.717, 1.165) is 12.1 Å². The van der Waals surface area contributed by atoms with Crippen LogP contribution in [0.4, 0.5) is 28.0 Å². The van der Waals surface area contributed by atoms with Gasteiger partial charge >= 0.3 is 12.2 Å². The van der Waals surface area contributed by atoms with E-state index in [4.69, 9.17) is 32.7 Å². The van der Waals surface area contributed by atoms with E-state index in [2.05, 4.69) is 0 Å². The first-order valence-corrected chi connectivity index (χ1v) is 12.3. The molecule has 40 heavy (non-hydrogen) atoms. The Balaban J connectivity index is 1.70. The molecule has 208 valence electrons. The second kappa shape index (κ2) is 11.6. The number of barbiturate groups is 1. The molecule has 1 N–H and O–H groups in total. The van der Waals surface area contributed by atoms with Crippen molar-refractivity contribution < 1.29 is 41.4 Å². The minimum absolute atomic E-state index is 0.0201. The standard InChI is InChI=1S/C27H18Cl2F4N2O5/c1-2-39-22-11-15(10-20(29)23(22)40-13-14-4-3-5-17(30)8-14)9-18-24(36)34-26(38)35(25(18)37)21-12-16(27(31,32)33)6-7-19(21)28/h3-12H,2,13H2,1H3,(H,34,36,38)/b18-9-. The van der Waals surface area contributed by atoms with Crippen molar-refractivity contribution in [1.29, 1.82) is 0 Å². The minimum atomic E-state index is -4.78. The van der Waals surface area contributed by atoms with Crippen molar-refractivity contribution in [1.82, 2.24) is 5.32 Å². The largest absolute Gasteiger partial charge is 0.490 e. The lowest BCUT2D eigenvalue weighted by Crippen LogP contribution is -2.54. The van der Waals surface area contributed by atoms with Crippen molar-refractivity contribution in [3.8, 4) is 11.5 Å². The van der Waals surface area contributed by atoms with Crippen LogP contribution in [0.25, 0.3) is 6.08 Å². The molecule has 0 saturated carbocycles. The summed E-state index contributed by atoms with van der Waals surface area (Å²) in [5.74, 6) is -2.50. The van der Waals surface area contributed by atoms with Crippen LogP contribution in [0.3, 0.4) is 0 Å². The van der Waals surface area contributed by atoms with Crippen LogP contribution < -0.4 is 19.7 Å².